The molecule has 6 heteroatoms. The highest BCUT2D eigenvalue weighted by Crippen LogP contribution is 2.17. The maximum absolute atomic E-state index is 13.2. The Labute approximate surface area is 124 Å². The van der Waals surface area contributed by atoms with Gasteiger partial charge in [0.05, 0.1) is 0 Å². The van der Waals surface area contributed by atoms with Gasteiger partial charge in [0.2, 0.25) is 0 Å². The predicted octanol–water partition coefficient (Wildman–Crippen LogP) is 1.69. The van der Waals surface area contributed by atoms with Gasteiger partial charge in [0, 0.05) is 52.1 Å². The Bertz CT molecular complexity index is 462. The van der Waals surface area contributed by atoms with Crippen LogP contribution in [0, 0.1) is 5.82 Å². The van der Waals surface area contributed by atoms with E-state index in [0.29, 0.717) is 26.2 Å². The third-order valence-corrected chi connectivity index (χ3v) is 3.54. The van der Waals surface area contributed by atoms with E-state index in [1.54, 1.807) is 18.1 Å². The molecule has 5 nitrogen and oxygen atoms in total. The number of piperazine rings is 1. The summed E-state index contributed by atoms with van der Waals surface area (Å²) in [5, 5.41) is 2.88. The van der Waals surface area contributed by atoms with Crippen molar-refractivity contribution in [2.45, 2.75) is 6.42 Å². The molecule has 0 aliphatic carbocycles. The minimum Gasteiger partial charge on any atom is -0.385 e. The molecule has 1 aliphatic heterocycles. The fraction of sp³-hybridized carbons (Fsp3) is 0.533. The molecule has 1 saturated heterocycles. The Balaban J connectivity index is 1.76. The van der Waals surface area contributed by atoms with Gasteiger partial charge in [-0.15, -0.1) is 0 Å². The number of hydrogen-bond donors (Lipinski definition) is 1. The first-order valence-electron chi connectivity index (χ1n) is 7.23. The monoisotopic (exact) mass is 295 g/mol. The van der Waals surface area contributed by atoms with Crippen LogP contribution in [0.25, 0.3) is 0 Å². The fourth-order valence-corrected chi connectivity index (χ4v) is 2.36. The second-order valence-electron chi connectivity index (χ2n) is 5.03. The number of carbonyl (C=O) groups excluding carboxylic acids is 1. The number of ether oxygens (including phenoxy) is 1. The molecule has 1 fully saturated rings. The first-order valence-corrected chi connectivity index (χ1v) is 7.23. The van der Waals surface area contributed by atoms with E-state index in [1.165, 1.54) is 12.1 Å². The molecule has 2 amide bonds. The minimum atomic E-state index is -0.231. The minimum absolute atomic E-state index is 0.0370. The smallest absolute Gasteiger partial charge is 0.317 e. The van der Waals surface area contributed by atoms with Crippen molar-refractivity contribution >= 4 is 11.7 Å². The highest BCUT2D eigenvalue weighted by Gasteiger charge is 2.21. The van der Waals surface area contributed by atoms with Crippen LogP contribution in [0.4, 0.5) is 14.9 Å². The Kier molecular flexibility index (Phi) is 5.80. The summed E-state index contributed by atoms with van der Waals surface area (Å²) in [6.45, 7) is 3.99. The Morgan fingerprint density at radius 2 is 2.10 bits per heavy atom. The summed E-state index contributed by atoms with van der Waals surface area (Å²) in [4.78, 5) is 15.8. The number of nitrogens with one attached hydrogen (secondary N) is 1. The highest BCUT2D eigenvalue weighted by molar-refractivity contribution is 5.74. The Morgan fingerprint density at radius 3 is 2.76 bits per heavy atom. The average molecular weight is 295 g/mol. The maximum atomic E-state index is 13.2. The molecule has 1 aliphatic rings. The zero-order valence-electron chi connectivity index (χ0n) is 12.3. The van der Waals surface area contributed by atoms with Crippen LogP contribution in [-0.2, 0) is 4.74 Å². The van der Waals surface area contributed by atoms with Gasteiger partial charge >= 0.3 is 6.03 Å². The number of rotatable bonds is 5. The summed E-state index contributed by atoms with van der Waals surface area (Å²) in [5.74, 6) is -0.231. The molecule has 1 aromatic rings. The van der Waals surface area contributed by atoms with E-state index in [1.807, 2.05) is 6.07 Å². The molecule has 116 valence electrons. The molecule has 0 saturated carbocycles. The second-order valence-corrected chi connectivity index (χ2v) is 5.03. The summed E-state index contributed by atoms with van der Waals surface area (Å²) in [5.41, 5.74) is 0.871. The summed E-state index contributed by atoms with van der Waals surface area (Å²) < 4.78 is 18.2. The van der Waals surface area contributed by atoms with E-state index < -0.39 is 0 Å². The first-order chi connectivity index (χ1) is 10.2. The van der Waals surface area contributed by atoms with Gasteiger partial charge in [0.25, 0.3) is 0 Å². The third-order valence-electron chi connectivity index (χ3n) is 3.54. The van der Waals surface area contributed by atoms with Gasteiger partial charge in [-0.3, -0.25) is 0 Å². The maximum Gasteiger partial charge on any atom is 0.317 e. The van der Waals surface area contributed by atoms with Crippen molar-refractivity contribution in [2.24, 2.45) is 0 Å². The summed E-state index contributed by atoms with van der Waals surface area (Å²) >= 11 is 0. The molecule has 2 rings (SSSR count). The van der Waals surface area contributed by atoms with Crippen LogP contribution in [0.1, 0.15) is 6.42 Å². The summed E-state index contributed by atoms with van der Waals surface area (Å²) in [6, 6.07) is 6.53. The highest BCUT2D eigenvalue weighted by atomic mass is 19.1. The summed E-state index contributed by atoms with van der Waals surface area (Å²) in [7, 11) is 1.65. The molecule has 0 bridgehead atoms. The molecule has 0 spiro atoms. The van der Waals surface area contributed by atoms with Crippen molar-refractivity contribution in [2.75, 3.05) is 51.3 Å². The number of halogens is 1. The topological polar surface area (TPSA) is 44.8 Å². The molecule has 1 heterocycles. The Morgan fingerprint density at radius 1 is 1.33 bits per heavy atom. The standard InChI is InChI=1S/C15H22FN3O2/c1-21-11-3-6-17-15(20)19-9-7-18(8-10-19)14-5-2-4-13(16)12-14/h2,4-5,12H,3,6-11H2,1H3,(H,17,20). The number of benzene rings is 1. The average Bonchev–Trinajstić information content (AvgIpc) is 2.51. The molecular weight excluding hydrogens is 273 g/mol. The Hall–Kier alpha value is -1.82. The fourth-order valence-electron chi connectivity index (χ4n) is 2.36. The van der Waals surface area contributed by atoms with E-state index in [9.17, 15) is 9.18 Å². The van der Waals surface area contributed by atoms with Gasteiger partial charge < -0.3 is 19.9 Å². The van der Waals surface area contributed by atoms with Gasteiger partial charge in [-0.2, -0.15) is 0 Å². The zero-order chi connectivity index (χ0) is 15.1. The quantitative estimate of drug-likeness (QED) is 0.841. The van der Waals surface area contributed by atoms with E-state index in [-0.39, 0.29) is 11.8 Å². The van der Waals surface area contributed by atoms with E-state index in [4.69, 9.17) is 4.74 Å². The molecular formula is C15H22FN3O2. The third kappa shape index (κ3) is 4.60. The SMILES string of the molecule is COCCCNC(=O)N1CCN(c2cccc(F)c2)CC1. The van der Waals surface area contributed by atoms with Crippen LogP contribution >= 0.6 is 0 Å². The van der Waals surface area contributed by atoms with Crippen LogP contribution in [0.5, 0.6) is 0 Å². The number of carbonyl (C=O) groups is 1. The van der Waals surface area contributed by atoms with Crippen molar-refractivity contribution in [3.8, 4) is 0 Å². The van der Waals surface area contributed by atoms with Crippen LogP contribution < -0.4 is 10.2 Å². The van der Waals surface area contributed by atoms with Crippen molar-refractivity contribution in [3.05, 3.63) is 30.1 Å². The molecule has 21 heavy (non-hydrogen) atoms. The lowest BCUT2D eigenvalue weighted by Gasteiger charge is -2.36. The van der Waals surface area contributed by atoms with E-state index in [0.717, 1.165) is 25.2 Å². The molecule has 0 radical (unpaired) electrons. The van der Waals surface area contributed by atoms with Crippen molar-refractivity contribution in [1.82, 2.24) is 10.2 Å². The van der Waals surface area contributed by atoms with Gasteiger partial charge in [-0.1, -0.05) is 6.07 Å². The van der Waals surface area contributed by atoms with Crippen LogP contribution in [0.2, 0.25) is 0 Å². The van der Waals surface area contributed by atoms with Crippen LogP contribution in [-0.4, -0.2) is 57.4 Å². The first kappa shape index (κ1) is 15.6. The van der Waals surface area contributed by atoms with E-state index in [2.05, 4.69) is 10.2 Å². The lowest BCUT2D eigenvalue weighted by Crippen LogP contribution is -2.52. The lowest BCUT2D eigenvalue weighted by molar-refractivity contribution is 0.183. The van der Waals surface area contributed by atoms with Crippen LogP contribution in [0.3, 0.4) is 0 Å². The number of nitrogens with zero attached hydrogens (tertiary/aromatic N) is 2. The van der Waals surface area contributed by atoms with Crippen molar-refractivity contribution < 1.29 is 13.9 Å². The zero-order valence-corrected chi connectivity index (χ0v) is 12.3. The largest absolute Gasteiger partial charge is 0.385 e. The number of urea groups is 1. The van der Waals surface area contributed by atoms with Crippen molar-refractivity contribution in [1.29, 1.82) is 0 Å². The normalized spacial score (nSPS) is 15.1. The molecule has 0 aromatic heterocycles. The van der Waals surface area contributed by atoms with Crippen molar-refractivity contribution in [3.63, 3.8) is 0 Å². The molecule has 1 aromatic carbocycles. The number of hydrogen-bond acceptors (Lipinski definition) is 3. The predicted molar refractivity (Wildman–Crippen MR) is 80.1 cm³/mol. The van der Waals surface area contributed by atoms with E-state index >= 15 is 0 Å². The van der Waals surface area contributed by atoms with Crippen LogP contribution in [0.15, 0.2) is 24.3 Å². The molecule has 0 unspecified atom stereocenters. The van der Waals surface area contributed by atoms with Gasteiger partial charge in [0.15, 0.2) is 0 Å². The number of methoxy groups -OCH3 is 1. The second kappa shape index (κ2) is 7.83. The summed E-state index contributed by atoms with van der Waals surface area (Å²) in [6.07, 6.45) is 0.811. The van der Waals surface area contributed by atoms with Gasteiger partial charge in [-0.05, 0) is 24.6 Å². The lowest BCUT2D eigenvalue weighted by atomic mass is 10.2. The number of anilines is 1. The van der Waals surface area contributed by atoms with Gasteiger partial charge in [0.1, 0.15) is 5.82 Å². The van der Waals surface area contributed by atoms with Gasteiger partial charge in [-0.25, -0.2) is 9.18 Å². The number of amides is 2. The molecule has 1 N–H and O–H groups in total. The molecule has 0 atom stereocenters.